The Kier molecular flexibility index (Phi) is 3.05. The molecule has 0 aliphatic rings. The predicted molar refractivity (Wildman–Crippen MR) is 46.5 cm³/mol. The number of imidazole rings is 1. The second kappa shape index (κ2) is 3.89. The lowest BCUT2D eigenvalue weighted by Gasteiger charge is -1.91. The van der Waals surface area contributed by atoms with E-state index < -0.39 is 10.3 Å². The Hall–Kier alpha value is -0.880. The van der Waals surface area contributed by atoms with Gasteiger partial charge in [-0.15, -0.1) is 3.97 Å². The van der Waals surface area contributed by atoms with Crippen molar-refractivity contribution in [2.45, 2.75) is 26.3 Å². The summed E-state index contributed by atoms with van der Waals surface area (Å²) in [6.45, 7) is 2.82. The molecule has 0 aromatic carbocycles. The fraction of sp³-hybridized carbons (Fsp3) is 0.571. The van der Waals surface area contributed by atoms with Crippen molar-refractivity contribution in [3.63, 3.8) is 0 Å². The molecule has 0 unspecified atom stereocenters. The largest absolute Gasteiger partial charge is 0.439 e. The Balaban J connectivity index is 2.76. The van der Waals surface area contributed by atoms with Crippen molar-refractivity contribution in [3.8, 4) is 0 Å². The minimum absolute atomic E-state index is 0.763. The van der Waals surface area contributed by atoms with E-state index in [0.717, 1.165) is 23.4 Å². The van der Waals surface area contributed by atoms with Gasteiger partial charge in [-0.2, -0.15) is 8.42 Å². The van der Waals surface area contributed by atoms with Gasteiger partial charge in [0.2, 0.25) is 0 Å². The van der Waals surface area contributed by atoms with Crippen molar-refractivity contribution < 1.29 is 17.5 Å². The van der Waals surface area contributed by atoms with Crippen molar-refractivity contribution in [3.05, 3.63) is 18.7 Å². The van der Waals surface area contributed by atoms with E-state index in [1.165, 1.54) is 12.5 Å². The topological polar surface area (TPSA) is 63.2 Å². The lowest BCUT2D eigenvalue weighted by molar-refractivity contribution is -0.696. The molecule has 1 heterocycles. The van der Waals surface area contributed by atoms with E-state index >= 15 is 0 Å². The van der Waals surface area contributed by atoms with Crippen LogP contribution in [0.3, 0.4) is 0 Å². The molecule has 0 fully saturated rings. The second-order valence-corrected chi connectivity index (χ2v) is 4.13. The van der Waals surface area contributed by atoms with Gasteiger partial charge in [0.25, 0.3) is 6.33 Å². The fourth-order valence-corrected chi connectivity index (χ4v) is 1.43. The Morgan fingerprint density at radius 3 is 2.69 bits per heavy atom. The smallest absolute Gasteiger partial charge is 0.251 e. The molecule has 6 heteroatoms. The minimum atomic E-state index is -4.11. The third-order valence-corrected chi connectivity index (χ3v) is 2.45. The second-order valence-electron chi connectivity index (χ2n) is 2.81. The summed E-state index contributed by atoms with van der Waals surface area (Å²) in [5.41, 5.74) is 0. The highest BCUT2D eigenvalue weighted by Crippen LogP contribution is 1.91. The molecule has 0 aliphatic heterocycles. The first kappa shape index (κ1) is 10.2. The summed E-state index contributed by atoms with van der Waals surface area (Å²) in [7, 11) is -4.11. The van der Waals surface area contributed by atoms with Crippen molar-refractivity contribution in [2.75, 3.05) is 0 Å². The van der Waals surface area contributed by atoms with Crippen LogP contribution in [0.1, 0.15) is 19.8 Å². The van der Waals surface area contributed by atoms with Crippen LogP contribution in [0.15, 0.2) is 18.7 Å². The van der Waals surface area contributed by atoms with Crippen LogP contribution in [-0.2, 0) is 16.8 Å². The van der Waals surface area contributed by atoms with Gasteiger partial charge >= 0.3 is 10.3 Å². The Morgan fingerprint density at radius 2 is 2.23 bits per heavy atom. The predicted octanol–water partition coefficient (Wildman–Crippen LogP) is 0.227. The average molecular weight is 205 g/mol. The molecule has 0 aliphatic carbocycles. The number of aromatic nitrogens is 2. The SMILES string of the molecule is CCCC[n+]1ccn(S(=O)(=O)O)c1. The molecule has 1 rings (SSSR count). The molecule has 0 radical (unpaired) electrons. The zero-order valence-electron chi connectivity index (χ0n) is 7.42. The van der Waals surface area contributed by atoms with Crippen LogP contribution in [0.2, 0.25) is 0 Å². The van der Waals surface area contributed by atoms with E-state index in [1.807, 2.05) is 0 Å². The van der Waals surface area contributed by atoms with Crippen LogP contribution in [0, 0.1) is 0 Å². The highest BCUT2D eigenvalue weighted by Gasteiger charge is 2.14. The number of nitrogens with zero attached hydrogens (tertiary/aromatic N) is 2. The van der Waals surface area contributed by atoms with Gasteiger partial charge in [0.1, 0.15) is 12.4 Å². The molecule has 1 aromatic heterocycles. The fourth-order valence-electron chi connectivity index (χ4n) is 0.984. The van der Waals surface area contributed by atoms with E-state index in [9.17, 15) is 8.42 Å². The van der Waals surface area contributed by atoms with Crippen molar-refractivity contribution in [1.29, 1.82) is 0 Å². The summed E-state index contributed by atoms with van der Waals surface area (Å²) in [5.74, 6) is 0. The maximum absolute atomic E-state index is 10.6. The van der Waals surface area contributed by atoms with Gasteiger partial charge in [-0.05, 0) is 6.42 Å². The normalized spacial score (nSPS) is 11.8. The Morgan fingerprint density at radius 1 is 1.54 bits per heavy atom. The standard InChI is InChI=1S/C7H12N2O3S/c1-2-3-4-8-5-6-9(7-8)13(10,11)12/h5-7H,2-4H2,1H3/p+1. The van der Waals surface area contributed by atoms with E-state index in [2.05, 4.69) is 6.92 Å². The number of hydrogen-bond acceptors (Lipinski definition) is 2. The lowest BCUT2D eigenvalue weighted by Crippen LogP contribution is -2.31. The molecular weight excluding hydrogens is 192 g/mol. The summed E-state index contributed by atoms with van der Waals surface area (Å²) in [4.78, 5) is 0. The molecule has 0 atom stereocenters. The molecule has 0 saturated heterocycles. The van der Waals surface area contributed by atoms with Crippen molar-refractivity contribution in [1.82, 2.24) is 3.97 Å². The molecular formula is C7H13N2O3S+. The van der Waals surface area contributed by atoms with E-state index in [1.54, 1.807) is 10.8 Å². The molecule has 0 bridgehead atoms. The van der Waals surface area contributed by atoms with E-state index in [4.69, 9.17) is 4.55 Å². The first-order valence-corrected chi connectivity index (χ1v) is 5.48. The van der Waals surface area contributed by atoms with Crippen LogP contribution >= 0.6 is 0 Å². The first-order chi connectivity index (χ1) is 6.04. The van der Waals surface area contributed by atoms with E-state index in [-0.39, 0.29) is 0 Å². The zero-order valence-corrected chi connectivity index (χ0v) is 8.24. The minimum Gasteiger partial charge on any atom is -0.251 e. The van der Waals surface area contributed by atoms with Gasteiger partial charge in [0.15, 0.2) is 0 Å². The molecule has 0 saturated carbocycles. The number of unbranched alkanes of at least 4 members (excludes halogenated alkanes) is 1. The van der Waals surface area contributed by atoms with Crippen LogP contribution in [-0.4, -0.2) is 16.9 Å². The molecule has 1 N–H and O–H groups in total. The van der Waals surface area contributed by atoms with Crippen LogP contribution in [0.25, 0.3) is 0 Å². The maximum atomic E-state index is 10.6. The summed E-state index contributed by atoms with van der Waals surface area (Å²) >= 11 is 0. The summed E-state index contributed by atoms with van der Waals surface area (Å²) in [5, 5.41) is 0. The van der Waals surface area contributed by atoms with E-state index in [0.29, 0.717) is 0 Å². The Bertz CT molecular complexity index is 369. The molecule has 1 aromatic rings. The third-order valence-electron chi connectivity index (χ3n) is 1.70. The summed E-state index contributed by atoms with van der Waals surface area (Å²) in [6, 6.07) is 0. The van der Waals surface area contributed by atoms with Crippen LogP contribution in [0.5, 0.6) is 0 Å². The van der Waals surface area contributed by atoms with Gasteiger partial charge in [0.05, 0.1) is 6.54 Å². The average Bonchev–Trinajstić information content (AvgIpc) is 2.47. The zero-order chi connectivity index (χ0) is 9.90. The number of aryl methyl sites for hydroxylation is 1. The molecule has 0 spiro atoms. The van der Waals surface area contributed by atoms with Gasteiger partial charge < -0.3 is 0 Å². The summed E-state index contributed by atoms with van der Waals surface area (Å²) in [6.07, 6.45) is 6.31. The van der Waals surface area contributed by atoms with Gasteiger partial charge in [-0.25, -0.2) is 4.57 Å². The van der Waals surface area contributed by atoms with Crippen molar-refractivity contribution in [2.24, 2.45) is 0 Å². The summed E-state index contributed by atoms with van der Waals surface area (Å²) < 4.78 is 32.4. The Labute approximate surface area is 77.5 Å². The maximum Gasteiger partial charge on any atom is 0.439 e. The van der Waals surface area contributed by atoms with Crippen LogP contribution < -0.4 is 4.57 Å². The van der Waals surface area contributed by atoms with Gasteiger partial charge in [0, 0.05) is 0 Å². The lowest BCUT2D eigenvalue weighted by atomic mass is 10.3. The highest BCUT2D eigenvalue weighted by molar-refractivity contribution is 7.84. The van der Waals surface area contributed by atoms with Crippen molar-refractivity contribution >= 4 is 10.3 Å². The first-order valence-electron chi connectivity index (χ1n) is 4.09. The molecule has 74 valence electrons. The number of hydrogen-bond donors (Lipinski definition) is 1. The highest BCUT2D eigenvalue weighted by atomic mass is 32.2. The molecule has 0 amide bonds. The van der Waals surface area contributed by atoms with Crippen LogP contribution in [0.4, 0.5) is 0 Å². The monoisotopic (exact) mass is 205 g/mol. The number of rotatable bonds is 4. The van der Waals surface area contributed by atoms with Gasteiger partial charge in [-0.3, -0.25) is 4.55 Å². The third kappa shape index (κ3) is 2.82. The quantitative estimate of drug-likeness (QED) is 0.565. The molecule has 5 nitrogen and oxygen atoms in total. The van der Waals surface area contributed by atoms with Gasteiger partial charge in [-0.1, -0.05) is 13.3 Å². The molecule has 13 heavy (non-hydrogen) atoms.